The van der Waals surface area contributed by atoms with Crippen molar-refractivity contribution in [3.05, 3.63) is 0 Å². The molecule has 1 fully saturated rings. The lowest BCUT2D eigenvalue weighted by atomic mass is 9.72. The maximum absolute atomic E-state index is 11.2. The van der Waals surface area contributed by atoms with E-state index in [1.54, 1.807) is 0 Å². The summed E-state index contributed by atoms with van der Waals surface area (Å²) in [6, 6.07) is 0. The molecule has 17 heavy (non-hydrogen) atoms. The average Bonchev–Trinajstić information content (AvgIpc) is 2.29. The predicted octanol–water partition coefficient (Wildman–Crippen LogP) is 0.877. The van der Waals surface area contributed by atoms with E-state index in [0.717, 1.165) is 19.3 Å². The molecule has 1 saturated carbocycles. The Morgan fingerprint density at radius 2 is 1.88 bits per heavy atom. The van der Waals surface area contributed by atoms with Gasteiger partial charge in [-0.1, -0.05) is 19.3 Å². The highest BCUT2D eigenvalue weighted by atomic mass is 16.4. The Kier molecular flexibility index (Phi) is 5.41. The second-order valence-electron chi connectivity index (χ2n) is 4.94. The fourth-order valence-corrected chi connectivity index (χ4v) is 2.52. The minimum absolute atomic E-state index is 0.161. The van der Waals surface area contributed by atoms with Crippen molar-refractivity contribution in [3.63, 3.8) is 0 Å². The molecule has 0 aromatic rings. The van der Waals surface area contributed by atoms with E-state index in [1.165, 1.54) is 19.3 Å². The van der Waals surface area contributed by atoms with Crippen molar-refractivity contribution >= 4 is 11.9 Å². The Morgan fingerprint density at radius 1 is 1.24 bits per heavy atom. The summed E-state index contributed by atoms with van der Waals surface area (Å²) in [7, 11) is 0. The van der Waals surface area contributed by atoms with Crippen LogP contribution in [0.25, 0.3) is 0 Å². The van der Waals surface area contributed by atoms with Crippen molar-refractivity contribution in [2.24, 2.45) is 11.1 Å². The van der Waals surface area contributed by atoms with Crippen LogP contribution in [0, 0.1) is 5.41 Å². The summed E-state index contributed by atoms with van der Waals surface area (Å²) in [6.45, 7) is 1.19. The molecule has 5 heteroatoms. The van der Waals surface area contributed by atoms with Crippen LogP contribution < -0.4 is 11.1 Å². The smallest absolute Gasteiger partial charge is 0.312 e. The highest BCUT2D eigenvalue weighted by molar-refractivity contribution is 5.93. The van der Waals surface area contributed by atoms with E-state index in [4.69, 9.17) is 10.8 Å². The summed E-state index contributed by atoms with van der Waals surface area (Å²) in [4.78, 5) is 21.5. The standard InChI is InChI=1S/C12H22N2O3/c13-9-12(4-2-1-3-5-12)6-7-14-10(15)8-11(16)17/h1-9,13H2,(H,14,15)(H,16,17). The van der Waals surface area contributed by atoms with Gasteiger partial charge in [0.1, 0.15) is 6.42 Å². The van der Waals surface area contributed by atoms with E-state index in [9.17, 15) is 9.59 Å². The molecule has 4 N–H and O–H groups in total. The van der Waals surface area contributed by atoms with Crippen LogP contribution in [0.3, 0.4) is 0 Å². The van der Waals surface area contributed by atoms with E-state index >= 15 is 0 Å². The van der Waals surface area contributed by atoms with E-state index in [0.29, 0.717) is 13.1 Å². The zero-order valence-electron chi connectivity index (χ0n) is 10.2. The number of carboxylic acid groups (broad SMARTS) is 1. The zero-order chi connectivity index (χ0) is 12.7. The number of aliphatic carboxylic acids is 1. The average molecular weight is 242 g/mol. The van der Waals surface area contributed by atoms with Gasteiger partial charge in [-0.05, 0) is 31.2 Å². The fraction of sp³-hybridized carbons (Fsp3) is 0.833. The number of carboxylic acids is 1. The molecule has 1 aliphatic carbocycles. The number of hydrogen-bond donors (Lipinski definition) is 3. The molecule has 0 spiro atoms. The Morgan fingerprint density at radius 3 is 2.41 bits per heavy atom. The number of nitrogens with one attached hydrogen (secondary N) is 1. The van der Waals surface area contributed by atoms with Crippen molar-refractivity contribution in [2.45, 2.75) is 44.9 Å². The molecule has 0 aliphatic heterocycles. The monoisotopic (exact) mass is 242 g/mol. The molecule has 5 nitrogen and oxygen atoms in total. The SMILES string of the molecule is NCC1(CCNC(=O)CC(=O)O)CCCCC1. The van der Waals surface area contributed by atoms with Crippen molar-refractivity contribution in [1.29, 1.82) is 0 Å². The second kappa shape index (κ2) is 6.59. The zero-order valence-corrected chi connectivity index (χ0v) is 10.2. The normalized spacial score (nSPS) is 18.6. The summed E-state index contributed by atoms with van der Waals surface area (Å²) in [5, 5.41) is 11.1. The van der Waals surface area contributed by atoms with Crippen molar-refractivity contribution in [1.82, 2.24) is 5.32 Å². The largest absolute Gasteiger partial charge is 0.481 e. The molecule has 1 amide bonds. The summed E-state index contributed by atoms with van der Waals surface area (Å²) in [5.41, 5.74) is 5.99. The van der Waals surface area contributed by atoms with Gasteiger partial charge in [-0.3, -0.25) is 9.59 Å². The van der Waals surface area contributed by atoms with Crippen LogP contribution >= 0.6 is 0 Å². The van der Waals surface area contributed by atoms with Crippen LogP contribution in [-0.2, 0) is 9.59 Å². The maximum atomic E-state index is 11.2. The number of amides is 1. The summed E-state index contributed by atoms with van der Waals surface area (Å²) >= 11 is 0. The van der Waals surface area contributed by atoms with Crippen LogP contribution in [0.15, 0.2) is 0 Å². The molecule has 0 aromatic carbocycles. The van der Waals surface area contributed by atoms with E-state index in [-0.39, 0.29) is 5.41 Å². The molecule has 0 aromatic heterocycles. The van der Waals surface area contributed by atoms with Crippen LogP contribution in [-0.4, -0.2) is 30.1 Å². The van der Waals surface area contributed by atoms with Crippen LogP contribution in [0.2, 0.25) is 0 Å². The van der Waals surface area contributed by atoms with Crippen molar-refractivity contribution in [2.75, 3.05) is 13.1 Å². The Bertz CT molecular complexity index is 273. The number of carbonyl (C=O) groups excluding carboxylic acids is 1. The van der Waals surface area contributed by atoms with Crippen LogP contribution in [0.4, 0.5) is 0 Å². The summed E-state index contributed by atoms with van der Waals surface area (Å²) in [6.07, 6.45) is 6.34. The van der Waals surface area contributed by atoms with Crippen LogP contribution in [0.1, 0.15) is 44.9 Å². The highest BCUT2D eigenvalue weighted by Crippen LogP contribution is 2.37. The van der Waals surface area contributed by atoms with Gasteiger partial charge in [0.05, 0.1) is 0 Å². The summed E-state index contributed by atoms with van der Waals surface area (Å²) in [5.74, 6) is -1.51. The Labute approximate surface area is 102 Å². The Hall–Kier alpha value is -1.10. The van der Waals surface area contributed by atoms with Gasteiger partial charge in [-0.25, -0.2) is 0 Å². The number of carbonyl (C=O) groups is 2. The summed E-state index contributed by atoms with van der Waals surface area (Å²) < 4.78 is 0. The molecule has 0 heterocycles. The van der Waals surface area contributed by atoms with E-state index in [1.807, 2.05) is 0 Å². The molecule has 1 rings (SSSR count). The first-order chi connectivity index (χ1) is 8.08. The van der Waals surface area contributed by atoms with Gasteiger partial charge >= 0.3 is 5.97 Å². The third-order valence-corrected chi connectivity index (χ3v) is 3.64. The van der Waals surface area contributed by atoms with Gasteiger partial charge in [-0.2, -0.15) is 0 Å². The van der Waals surface area contributed by atoms with Gasteiger partial charge in [0.15, 0.2) is 0 Å². The molecular formula is C12H22N2O3. The molecule has 0 radical (unpaired) electrons. The van der Waals surface area contributed by atoms with Gasteiger partial charge < -0.3 is 16.2 Å². The third-order valence-electron chi connectivity index (χ3n) is 3.64. The number of nitrogens with two attached hydrogens (primary N) is 1. The van der Waals surface area contributed by atoms with Gasteiger partial charge in [-0.15, -0.1) is 0 Å². The topological polar surface area (TPSA) is 92.4 Å². The lowest BCUT2D eigenvalue weighted by Crippen LogP contribution is -2.37. The van der Waals surface area contributed by atoms with Gasteiger partial charge in [0.25, 0.3) is 0 Å². The third kappa shape index (κ3) is 4.73. The van der Waals surface area contributed by atoms with Crippen molar-refractivity contribution in [3.8, 4) is 0 Å². The molecule has 98 valence electrons. The minimum atomic E-state index is -1.09. The molecule has 0 bridgehead atoms. The fourth-order valence-electron chi connectivity index (χ4n) is 2.52. The first-order valence-electron chi connectivity index (χ1n) is 6.26. The number of rotatable bonds is 6. The Balaban J connectivity index is 2.28. The lowest BCUT2D eigenvalue weighted by Gasteiger charge is -2.36. The quantitative estimate of drug-likeness (QED) is 0.603. The molecular weight excluding hydrogens is 220 g/mol. The molecule has 0 saturated heterocycles. The highest BCUT2D eigenvalue weighted by Gasteiger charge is 2.30. The molecule has 0 atom stereocenters. The van der Waals surface area contributed by atoms with Gasteiger partial charge in [0.2, 0.25) is 5.91 Å². The first kappa shape index (κ1) is 14.0. The van der Waals surface area contributed by atoms with Crippen molar-refractivity contribution < 1.29 is 14.7 Å². The van der Waals surface area contributed by atoms with E-state index < -0.39 is 18.3 Å². The lowest BCUT2D eigenvalue weighted by molar-refractivity contribution is -0.140. The first-order valence-corrected chi connectivity index (χ1v) is 6.26. The minimum Gasteiger partial charge on any atom is -0.481 e. The van der Waals surface area contributed by atoms with Crippen LogP contribution in [0.5, 0.6) is 0 Å². The molecule has 0 unspecified atom stereocenters. The molecule has 1 aliphatic rings. The number of hydrogen-bond acceptors (Lipinski definition) is 3. The van der Waals surface area contributed by atoms with E-state index in [2.05, 4.69) is 5.32 Å². The van der Waals surface area contributed by atoms with Gasteiger partial charge in [0, 0.05) is 6.54 Å². The second-order valence-corrected chi connectivity index (χ2v) is 4.94. The maximum Gasteiger partial charge on any atom is 0.312 e. The predicted molar refractivity (Wildman–Crippen MR) is 64.5 cm³/mol.